The summed E-state index contributed by atoms with van der Waals surface area (Å²) in [7, 11) is 0. The Morgan fingerprint density at radius 2 is 1.57 bits per heavy atom. The summed E-state index contributed by atoms with van der Waals surface area (Å²) >= 11 is 0. The first-order chi connectivity index (χ1) is 14.7. The largest absolute Gasteiger partial charge is 0.368 e. The number of anilines is 2. The number of piperazine rings is 2. The molecule has 0 bridgehead atoms. The SMILES string of the molecule is N#Cc1ccccc1N1CCN(CCC(=O)N2CCN(c3ncccn3)CC2)CC1. The van der Waals surface area contributed by atoms with Crippen LogP contribution in [0.15, 0.2) is 42.7 Å². The van der Waals surface area contributed by atoms with E-state index >= 15 is 0 Å². The smallest absolute Gasteiger partial charge is 0.225 e. The second kappa shape index (κ2) is 9.55. The molecule has 2 fully saturated rings. The molecule has 2 aromatic rings. The van der Waals surface area contributed by atoms with Gasteiger partial charge in [-0.1, -0.05) is 12.1 Å². The third-order valence-corrected chi connectivity index (χ3v) is 5.85. The van der Waals surface area contributed by atoms with Gasteiger partial charge in [0.2, 0.25) is 11.9 Å². The van der Waals surface area contributed by atoms with Gasteiger partial charge in [0, 0.05) is 77.7 Å². The van der Waals surface area contributed by atoms with Crippen molar-refractivity contribution in [1.82, 2.24) is 19.8 Å². The molecule has 8 heteroatoms. The van der Waals surface area contributed by atoms with Crippen molar-refractivity contribution in [2.24, 2.45) is 0 Å². The van der Waals surface area contributed by atoms with Crippen molar-refractivity contribution in [3.05, 3.63) is 48.3 Å². The summed E-state index contributed by atoms with van der Waals surface area (Å²) in [6, 6.07) is 11.8. The highest BCUT2D eigenvalue weighted by Crippen LogP contribution is 2.21. The number of amides is 1. The molecule has 156 valence electrons. The Labute approximate surface area is 177 Å². The number of benzene rings is 1. The van der Waals surface area contributed by atoms with Gasteiger partial charge in [-0.25, -0.2) is 9.97 Å². The molecule has 1 aromatic carbocycles. The molecule has 1 amide bonds. The monoisotopic (exact) mass is 405 g/mol. The lowest BCUT2D eigenvalue weighted by molar-refractivity contribution is -0.131. The molecule has 0 radical (unpaired) electrons. The van der Waals surface area contributed by atoms with Crippen LogP contribution in [0.5, 0.6) is 0 Å². The molecule has 2 saturated heterocycles. The number of aromatic nitrogens is 2. The van der Waals surface area contributed by atoms with Gasteiger partial charge in [-0.2, -0.15) is 5.26 Å². The lowest BCUT2D eigenvalue weighted by Crippen LogP contribution is -2.50. The van der Waals surface area contributed by atoms with E-state index in [1.165, 1.54) is 0 Å². The Morgan fingerprint density at radius 3 is 2.27 bits per heavy atom. The molecule has 3 heterocycles. The second-order valence-corrected chi connectivity index (χ2v) is 7.62. The lowest BCUT2D eigenvalue weighted by atomic mass is 10.1. The summed E-state index contributed by atoms with van der Waals surface area (Å²) in [6.45, 7) is 7.34. The number of rotatable bonds is 5. The van der Waals surface area contributed by atoms with Crippen LogP contribution in [0.3, 0.4) is 0 Å². The molecule has 8 nitrogen and oxygen atoms in total. The zero-order valence-corrected chi connectivity index (χ0v) is 17.2. The quantitative estimate of drug-likeness (QED) is 0.740. The third-order valence-electron chi connectivity index (χ3n) is 5.85. The van der Waals surface area contributed by atoms with Gasteiger partial charge >= 0.3 is 0 Å². The summed E-state index contributed by atoms with van der Waals surface area (Å²) in [5.74, 6) is 0.960. The number of hydrogen-bond donors (Lipinski definition) is 0. The summed E-state index contributed by atoms with van der Waals surface area (Å²) < 4.78 is 0. The highest BCUT2D eigenvalue weighted by atomic mass is 16.2. The average Bonchev–Trinajstić information content (AvgIpc) is 2.83. The Balaban J connectivity index is 1.20. The minimum atomic E-state index is 0.223. The molecule has 0 unspecified atom stereocenters. The molecule has 1 aromatic heterocycles. The minimum Gasteiger partial charge on any atom is -0.368 e. The molecule has 0 aliphatic carbocycles. The highest BCUT2D eigenvalue weighted by molar-refractivity contribution is 5.76. The zero-order chi connectivity index (χ0) is 20.8. The van der Waals surface area contributed by atoms with E-state index in [-0.39, 0.29) is 5.91 Å². The van der Waals surface area contributed by atoms with Gasteiger partial charge in [-0.3, -0.25) is 9.69 Å². The average molecular weight is 406 g/mol. The predicted octanol–water partition coefficient (Wildman–Crippen LogP) is 1.21. The van der Waals surface area contributed by atoms with E-state index in [0.717, 1.165) is 76.1 Å². The first kappa shape index (κ1) is 20.1. The van der Waals surface area contributed by atoms with E-state index in [1.54, 1.807) is 12.4 Å². The maximum Gasteiger partial charge on any atom is 0.225 e. The number of hydrogen-bond acceptors (Lipinski definition) is 7. The van der Waals surface area contributed by atoms with Crippen molar-refractivity contribution in [3.63, 3.8) is 0 Å². The summed E-state index contributed by atoms with van der Waals surface area (Å²) in [6.07, 6.45) is 4.05. The van der Waals surface area contributed by atoms with Crippen molar-refractivity contribution in [3.8, 4) is 6.07 Å². The molecule has 0 saturated carbocycles. The molecule has 0 N–H and O–H groups in total. The van der Waals surface area contributed by atoms with Gasteiger partial charge in [-0.05, 0) is 18.2 Å². The van der Waals surface area contributed by atoms with Crippen molar-refractivity contribution < 1.29 is 4.79 Å². The fraction of sp³-hybridized carbons (Fsp3) is 0.455. The predicted molar refractivity (Wildman–Crippen MR) is 115 cm³/mol. The number of carbonyl (C=O) groups is 1. The van der Waals surface area contributed by atoms with E-state index in [1.807, 2.05) is 35.2 Å². The highest BCUT2D eigenvalue weighted by Gasteiger charge is 2.24. The summed E-state index contributed by atoms with van der Waals surface area (Å²) in [4.78, 5) is 29.9. The molecule has 0 spiro atoms. The number of nitrogens with zero attached hydrogens (tertiary/aromatic N) is 7. The van der Waals surface area contributed by atoms with Gasteiger partial charge in [0.1, 0.15) is 6.07 Å². The van der Waals surface area contributed by atoms with Crippen molar-refractivity contribution in [2.75, 3.05) is 68.7 Å². The minimum absolute atomic E-state index is 0.223. The Hall–Kier alpha value is -3.18. The fourth-order valence-corrected chi connectivity index (χ4v) is 4.08. The summed E-state index contributed by atoms with van der Waals surface area (Å²) in [5, 5.41) is 9.31. The maximum absolute atomic E-state index is 12.7. The normalized spacial score (nSPS) is 17.6. The van der Waals surface area contributed by atoms with Gasteiger partial charge < -0.3 is 14.7 Å². The molecule has 0 atom stereocenters. The lowest BCUT2D eigenvalue weighted by Gasteiger charge is -2.37. The fourth-order valence-electron chi connectivity index (χ4n) is 4.08. The second-order valence-electron chi connectivity index (χ2n) is 7.62. The van der Waals surface area contributed by atoms with Crippen LogP contribution in [0.4, 0.5) is 11.6 Å². The van der Waals surface area contributed by atoms with Crippen molar-refractivity contribution in [1.29, 1.82) is 5.26 Å². The van der Waals surface area contributed by atoms with Gasteiger partial charge in [0.25, 0.3) is 0 Å². The molecule has 30 heavy (non-hydrogen) atoms. The number of nitriles is 1. The number of para-hydroxylation sites is 1. The first-order valence-electron chi connectivity index (χ1n) is 10.5. The summed E-state index contributed by atoms with van der Waals surface area (Å²) in [5.41, 5.74) is 1.73. The van der Waals surface area contributed by atoms with E-state index in [2.05, 4.69) is 30.7 Å². The Morgan fingerprint density at radius 1 is 0.900 bits per heavy atom. The molecule has 2 aliphatic rings. The van der Waals surface area contributed by atoms with Gasteiger partial charge in [-0.15, -0.1) is 0 Å². The molecular formula is C22H27N7O. The van der Waals surface area contributed by atoms with E-state index in [4.69, 9.17) is 0 Å². The van der Waals surface area contributed by atoms with Crippen molar-refractivity contribution in [2.45, 2.75) is 6.42 Å². The van der Waals surface area contributed by atoms with Crippen molar-refractivity contribution >= 4 is 17.5 Å². The van der Waals surface area contributed by atoms with Crippen LogP contribution in [-0.4, -0.2) is 84.6 Å². The van der Waals surface area contributed by atoms with Gasteiger partial charge in [0.15, 0.2) is 0 Å². The van der Waals surface area contributed by atoms with Crippen LogP contribution in [0.25, 0.3) is 0 Å². The zero-order valence-electron chi connectivity index (χ0n) is 17.2. The molecule has 4 rings (SSSR count). The van der Waals surface area contributed by atoms with Crippen LogP contribution < -0.4 is 9.80 Å². The van der Waals surface area contributed by atoms with E-state index in [9.17, 15) is 10.1 Å². The van der Waals surface area contributed by atoms with Gasteiger partial charge in [0.05, 0.1) is 11.3 Å². The molecule has 2 aliphatic heterocycles. The topological polar surface area (TPSA) is 79.6 Å². The third kappa shape index (κ3) is 4.69. The molecular weight excluding hydrogens is 378 g/mol. The maximum atomic E-state index is 12.7. The van der Waals surface area contributed by atoms with E-state index < -0.39 is 0 Å². The van der Waals surface area contributed by atoms with Crippen LogP contribution in [-0.2, 0) is 4.79 Å². The van der Waals surface area contributed by atoms with Crippen LogP contribution in [0.1, 0.15) is 12.0 Å². The standard InChI is InChI=1S/C22H27N7O/c23-18-19-4-1-2-5-20(19)27-12-10-26(11-13-27)9-6-21(30)28-14-16-29(17-15-28)22-24-7-3-8-25-22/h1-5,7-8H,6,9-17H2. The van der Waals surface area contributed by atoms with E-state index in [0.29, 0.717) is 6.42 Å². The number of carbonyl (C=O) groups excluding carboxylic acids is 1. The Kier molecular flexibility index (Phi) is 6.40. The first-order valence-corrected chi connectivity index (χ1v) is 10.5. The van der Waals surface area contributed by atoms with Crippen LogP contribution in [0.2, 0.25) is 0 Å². The Bertz CT molecular complexity index is 882. The van der Waals surface area contributed by atoms with Crippen LogP contribution >= 0.6 is 0 Å². The van der Waals surface area contributed by atoms with Crippen LogP contribution in [0, 0.1) is 11.3 Å².